The van der Waals surface area contributed by atoms with Gasteiger partial charge in [0, 0.05) is 16.5 Å². The largest absolute Gasteiger partial charge is 0.249 e. The lowest BCUT2D eigenvalue weighted by Gasteiger charge is -2.27. The molecule has 1 nitrogen and oxygen atoms in total. The lowest BCUT2D eigenvalue weighted by Crippen LogP contribution is -2.21. The second kappa shape index (κ2) is 6.70. The maximum Gasteiger partial charge on any atom is 0.0986 e. The maximum absolute atomic E-state index is 4.68. The van der Waals surface area contributed by atoms with Gasteiger partial charge in [-0.3, -0.25) is 0 Å². The minimum Gasteiger partial charge on any atom is -0.249 e. The van der Waals surface area contributed by atoms with Gasteiger partial charge in [-0.15, -0.1) is 11.3 Å². The van der Waals surface area contributed by atoms with Crippen molar-refractivity contribution in [3.63, 3.8) is 0 Å². The first kappa shape index (κ1) is 14.0. The third kappa shape index (κ3) is 3.81. The molecule has 2 rings (SSSR count). The van der Waals surface area contributed by atoms with E-state index in [0.29, 0.717) is 5.41 Å². The maximum atomic E-state index is 4.68. The van der Waals surface area contributed by atoms with Gasteiger partial charge in [0.15, 0.2) is 0 Å². The third-order valence-electron chi connectivity index (χ3n) is 4.34. The van der Waals surface area contributed by atoms with Crippen LogP contribution in [0, 0.1) is 6.92 Å². The standard InChI is InChI=1S/C16H27NS/c1-14-13-17-15(18-14)16(2)11-9-7-5-3-4-6-8-10-12-16/h13H,3-12H2,1-2H3. The SMILES string of the molecule is Cc1cnc(C2(C)CCCCCCCCCC2)s1. The van der Waals surface area contributed by atoms with Crippen LogP contribution < -0.4 is 0 Å². The zero-order valence-corrected chi connectivity index (χ0v) is 12.8. The smallest absolute Gasteiger partial charge is 0.0986 e. The van der Waals surface area contributed by atoms with Gasteiger partial charge in [-0.2, -0.15) is 0 Å². The summed E-state index contributed by atoms with van der Waals surface area (Å²) in [5, 5.41) is 1.39. The Morgan fingerprint density at radius 1 is 0.944 bits per heavy atom. The van der Waals surface area contributed by atoms with Crippen molar-refractivity contribution < 1.29 is 0 Å². The van der Waals surface area contributed by atoms with Gasteiger partial charge in [0.25, 0.3) is 0 Å². The topological polar surface area (TPSA) is 12.9 Å². The van der Waals surface area contributed by atoms with Crippen molar-refractivity contribution in [3.8, 4) is 0 Å². The molecule has 1 aromatic rings. The number of aromatic nitrogens is 1. The van der Waals surface area contributed by atoms with Crippen LogP contribution in [-0.2, 0) is 5.41 Å². The highest BCUT2D eigenvalue weighted by atomic mass is 32.1. The van der Waals surface area contributed by atoms with Crippen LogP contribution >= 0.6 is 11.3 Å². The van der Waals surface area contributed by atoms with Gasteiger partial charge >= 0.3 is 0 Å². The van der Waals surface area contributed by atoms with Crippen molar-refractivity contribution in [2.24, 2.45) is 0 Å². The first-order valence-electron chi connectivity index (χ1n) is 7.64. The molecule has 0 saturated heterocycles. The Kier molecular flexibility index (Phi) is 5.23. The summed E-state index contributed by atoms with van der Waals surface area (Å²) >= 11 is 1.92. The average molecular weight is 265 g/mol. The highest BCUT2D eigenvalue weighted by molar-refractivity contribution is 7.11. The molecule has 0 unspecified atom stereocenters. The molecule has 0 aliphatic heterocycles. The van der Waals surface area contributed by atoms with Crippen molar-refractivity contribution in [3.05, 3.63) is 16.1 Å². The number of aryl methyl sites for hydroxylation is 1. The number of rotatable bonds is 1. The normalized spacial score (nSPS) is 22.3. The van der Waals surface area contributed by atoms with E-state index in [1.54, 1.807) is 0 Å². The van der Waals surface area contributed by atoms with Crippen molar-refractivity contribution in [1.29, 1.82) is 0 Å². The molecular weight excluding hydrogens is 238 g/mol. The molecule has 0 radical (unpaired) electrons. The summed E-state index contributed by atoms with van der Waals surface area (Å²) < 4.78 is 0. The molecule has 1 aromatic heterocycles. The fraction of sp³-hybridized carbons (Fsp3) is 0.812. The van der Waals surface area contributed by atoms with Crippen molar-refractivity contribution in [1.82, 2.24) is 4.98 Å². The van der Waals surface area contributed by atoms with Gasteiger partial charge in [-0.1, -0.05) is 58.3 Å². The summed E-state index contributed by atoms with van der Waals surface area (Å²) in [7, 11) is 0. The molecule has 1 fully saturated rings. The predicted octanol–water partition coefficient (Wildman–Crippen LogP) is 5.62. The first-order valence-corrected chi connectivity index (χ1v) is 8.45. The Balaban J connectivity index is 2.05. The molecule has 0 aromatic carbocycles. The van der Waals surface area contributed by atoms with Gasteiger partial charge in [0.05, 0.1) is 5.01 Å². The molecular formula is C16H27NS. The fourth-order valence-electron chi connectivity index (χ4n) is 3.06. The molecule has 2 heteroatoms. The number of thiazole rings is 1. The van der Waals surface area contributed by atoms with Crippen LogP contribution in [0.4, 0.5) is 0 Å². The average Bonchev–Trinajstić information content (AvgIpc) is 2.76. The van der Waals surface area contributed by atoms with Crippen molar-refractivity contribution in [2.75, 3.05) is 0 Å². The Labute approximate surface area is 116 Å². The van der Waals surface area contributed by atoms with Crippen LogP contribution in [0.25, 0.3) is 0 Å². The molecule has 1 heterocycles. The van der Waals surface area contributed by atoms with Gasteiger partial charge in [0.2, 0.25) is 0 Å². The van der Waals surface area contributed by atoms with E-state index in [1.807, 2.05) is 11.3 Å². The van der Waals surface area contributed by atoms with E-state index >= 15 is 0 Å². The van der Waals surface area contributed by atoms with Gasteiger partial charge < -0.3 is 0 Å². The van der Waals surface area contributed by atoms with Gasteiger partial charge in [-0.05, 0) is 19.8 Å². The zero-order valence-electron chi connectivity index (χ0n) is 12.0. The van der Waals surface area contributed by atoms with E-state index in [2.05, 4.69) is 25.0 Å². The monoisotopic (exact) mass is 265 g/mol. The van der Waals surface area contributed by atoms with E-state index in [-0.39, 0.29) is 0 Å². The molecule has 0 N–H and O–H groups in total. The second-order valence-corrected chi connectivity index (χ2v) is 7.40. The van der Waals surface area contributed by atoms with Gasteiger partial charge in [0.1, 0.15) is 0 Å². The van der Waals surface area contributed by atoms with E-state index in [1.165, 1.54) is 74.1 Å². The molecule has 0 atom stereocenters. The van der Waals surface area contributed by atoms with Crippen molar-refractivity contribution in [2.45, 2.75) is 83.5 Å². The fourth-order valence-corrected chi connectivity index (χ4v) is 4.03. The first-order chi connectivity index (χ1) is 8.71. The zero-order chi connectivity index (χ0) is 12.8. The Morgan fingerprint density at radius 2 is 1.44 bits per heavy atom. The summed E-state index contributed by atoms with van der Waals surface area (Å²) in [6.45, 7) is 4.62. The Hall–Kier alpha value is -0.370. The molecule has 1 saturated carbocycles. The molecule has 1 aliphatic carbocycles. The minimum atomic E-state index is 0.350. The summed E-state index contributed by atoms with van der Waals surface area (Å²) in [4.78, 5) is 6.04. The van der Waals surface area contributed by atoms with Gasteiger partial charge in [-0.25, -0.2) is 4.98 Å². The van der Waals surface area contributed by atoms with E-state index in [4.69, 9.17) is 0 Å². The summed E-state index contributed by atoms with van der Waals surface area (Å²) in [6, 6.07) is 0. The number of hydrogen-bond donors (Lipinski definition) is 0. The quantitative estimate of drug-likeness (QED) is 0.642. The second-order valence-electron chi connectivity index (χ2n) is 6.17. The van der Waals surface area contributed by atoms with E-state index in [0.717, 1.165) is 0 Å². The van der Waals surface area contributed by atoms with Crippen molar-refractivity contribution >= 4 is 11.3 Å². The predicted molar refractivity (Wildman–Crippen MR) is 80.4 cm³/mol. The highest BCUT2D eigenvalue weighted by Gasteiger charge is 2.28. The Morgan fingerprint density at radius 3 is 1.89 bits per heavy atom. The highest BCUT2D eigenvalue weighted by Crippen LogP contribution is 2.37. The summed E-state index contributed by atoms with van der Waals surface area (Å²) in [5.74, 6) is 0. The lowest BCUT2D eigenvalue weighted by atomic mass is 9.80. The Bertz CT molecular complexity index is 344. The summed E-state index contributed by atoms with van der Waals surface area (Å²) in [5.41, 5.74) is 0.350. The molecule has 0 amide bonds. The molecule has 0 spiro atoms. The lowest BCUT2D eigenvalue weighted by molar-refractivity contribution is 0.369. The van der Waals surface area contributed by atoms with Crippen LogP contribution in [0.2, 0.25) is 0 Å². The van der Waals surface area contributed by atoms with Crippen LogP contribution in [0.1, 0.15) is 81.0 Å². The number of nitrogens with zero attached hydrogens (tertiary/aromatic N) is 1. The molecule has 1 aliphatic rings. The molecule has 0 bridgehead atoms. The summed E-state index contributed by atoms with van der Waals surface area (Å²) in [6.07, 6.45) is 16.1. The van der Waals surface area contributed by atoms with Crippen LogP contribution in [0.3, 0.4) is 0 Å². The van der Waals surface area contributed by atoms with Crippen LogP contribution in [-0.4, -0.2) is 4.98 Å². The number of hydrogen-bond acceptors (Lipinski definition) is 2. The molecule has 102 valence electrons. The molecule has 18 heavy (non-hydrogen) atoms. The van der Waals surface area contributed by atoms with E-state index < -0.39 is 0 Å². The van der Waals surface area contributed by atoms with Crippen LogP contribution in [0.15, 0.2) is 6.20 Å². The minimum absolute atomic E-state index is 0.350. The van der Waals surface area contributed by atoms with E-state index in [9.17, 15) is 0 Å². The third-order valence-corrected chi connectivity index (χ3v) is 5.56. The van der Waals surface area contributed by atoms with Crippen LogP contribution in [0.5, 0.6) is 0 Å².